The number of amides is 1. The Kier molecular flexibility index (Phi) is 5.72. The first kappa shape index (κ1) is 14.6. The van der Waals surface area contributed by atoms with Crippen molar-refractivity contribution in [2.75, 3.05) is 6.54 Å². The van der Waals surface area contributed by atoms with E-state index in [1.807, 2.05) is 20.8 Å². The average molecular weight is 266 g/mol. The predicted molar refractivity (Wildman–Crippen MR) is 70.3 cm³/mol. The third kappa shape index (κ3) is 3.50. The van der Waals surface area contributed by atoms with Gasteiger partial charge in [0.25, 0.3) is 5.91 Å². The fourth-order valence-electron chi connectivity index (χ4n) is 1.67. The van der Waals surface area contributed by atoms with Crippen molar-refractivity contribution in [3.8, 4) is 6.07 Å². The molecule has 98 valence electrons. The van der Waals surface area contributed by atoms with E-state index in [4.69, 9.17) is 5.26 Å². The molecule has 18 heavy (non-hydrogen) atoms. The van der Waals surface area contributed by atoms with E-state index in [0.29, 0.717) is 17.8 Å². The molecule has 0 saturated carbocycles. The third-order valence-electron chi connectivity index (χ3n) is 2.59. The minimum Gasteiger partial charge on any atom is -0.334 e. The number of carbonyl (C=O) groups is 1. The number of aryl methyl sites for hydroxylation is 1. The molecule has 0 atom stereocenters. The summed E-state index contributed by atoms with van der Waals surface area (Å²) in [6.45, 7) is 6.40. The van der Waals surface area contributed by atoms with Crippen molar-refractivity contribution in [1.29, 1.82) is 5.26 Å². The zero-order valence-corrected chi connectivity index (χ0v) is 11.8. The lowest BCUT2D eigenvalue weighted by atomic mass is 10.2. The maximum absolute atomic E-state index is 12.4. The van der Waals surface area contributed by atoms with Crippen molar-refractivity contribution in [2.45, 2.75) is 46.1 Å². The smallest absolute Gasteiger partial charge is 0.267 e. The van der Waals surface area contributed by atoms with Crippen molar-refractivity contribution in [1.82, 2.24) is 14.5 Å². The molecule has 0 aliphatic carbocycles. The van der Waals surface area contributed by atoms with Crippen molar-refractivity contribution in [3.63, 3.8) is 0 Å². The molecule has 1 heterocycles. The Morgan fingerprint density at radius 2 is 2.28 bits per heavy atom. The Morgan fingerprint density at radius 1 is 1.56 bits per heavy atom. The van der Waals surface area contributed by atoms with Gasteiger partial charge < -0.3 is 4.90 Å². The Balaban J connectivity index is 2.88. The third-order valence-corrected chi connectivity index (χ3v) is 3.34. The lowest BCUT2D eigenvalue weighted by molar-refractivity contribution is 0.0714. The Labute approximate surface area is 112 Å². The molecule has 1 amide bonds. The average Bonchev–Trinajstić information content (AvgIpc) is 2.77. The molecule has 0 aliphatic heterocycles. The second kappa shape index (κ2) is 7.07. The van der Waals surface area contributed by atoms with Crippen molar-refractivity contribution < 1.29 is 4.79 Å². The molecule has 0 fully saturated rings. The van der Waals surface area contributed by atoms with Crippen LogP contribution in [0.15, 0.2) is 0 Å². The Bertz CT molecular complexity index is 436. The van der Waals surface area contributed by atoms with Crippen LogP contribution in [0, 0.1) is 11.3 Å². The van der Waals surface area contributed by atoms with Crippen LogP contribution >= 0.6 is 11.5 Å². The van der Waals surface area contributed by atoms with Gasteiger partial charge in [0, 0.05) is 12.6 Å². The largest absolute Gasteiger partial charge is 0.334 e. The fourth-order valence-corrected chi connectivity index (χ4v) is 2.33. The second-order valence-electron chi connectivity index (χ2n) is 4.30. The SMILES string of the molecule is CCCc1nnsc1C(=O)N(CCC#N)C(C)C. The molecule has 0 unspecified atom stereocenters. The monoisotopic (exact) mass is 266 g/mol. The zero-order valence-electron chi connectivity index (χ0n) is 11.0. The highest BCUT2D eigenvalue weighted by atomic mass is 32.1. The van der Waals surface area contributed by atoms with Crippen LogP contribution in [0.5, 0.6) is 0 Å². The van der Waals surface area contributed by atoms with Gasteiger partial charge in [-0.2, -0.15) is 5.26 Å². The van der Waals surface area contributed by atoms with E-state index in [2.05, 4.69) is 15.7 Å². The lowest BCUT2D eigenvalue weighted by Crippen LogP contribution is -2.37. The number of hydrogen-bond acceptors (Lipinski definition) is 5. The maximum Gasteiger partial charge on any atom is 0.267 e. The summed E-state index contributed by atoms with van der Waals surface area (Å²) >= 11 is 1.14. The van der Waals surface area contributed by atoms with Crippen LogP contribution in [-0.2, 0) is 6.42 Å². The van der Waals surface area contributed by atoms with Crippen LogP contribution in [0.1, 0.15) is 49.0 Å². The van der Waals surface area contributed by atoms with Gasteiger partial charge in [0.05, 0.1) is 18.2 Å². The first-order valence-corrected chi connectivity index (χ1v) is 6.88. The summed E-state index contributed by atoms with van der Waals surface area (Å²) in [4.78, 5) is 14.7. The molecule has 1 rings (SSSR count). The van der Waals surface area contributed by atoms with E-state index < -0.39 is 0 Å². The van der Waals surface area contributed by atoms with E-state index in [1.54, 1.807) is 4.90 Å². The molecule has 0 spiro atoms. The van der Waals surface area contributed by atoms with Gasteiger partial charge in [0.1, 0.15) is 4.88 Å². The van der Waals surface area contributed by atoms with Gasteiger partial charge in [0.15, 0.2) is 0 Å². The molecular formula is C12H18N4OS. The summed E-state index contributed by atoms with van der Waals surface area (Å²) in [5.74, 6) is -0.0568. The summed E-state index contributed by atoms with van der Waals surface area (Å²) in [5.41, 5.74) is 0.773. The van der Waals surface area contributed by atoms with Crippen molar-refractivity contribution >= 4 is 17.4 Å². The van der Waals surface area contributed by atoms with E-state index >= 15 is 0 Å². The highest BCUT2D eigenvalue weighted by molar-refractivity contribution is 7.08. The lowest BCUT2D eigenvalue weighted by Gasteiger charge is -2.25. The molecule has 0 N–H and O–H groups in total. The number of aromatic nitrogens is 2. The van der Waals surface area contributed by atoms with Gasteiger partial charge in [-0.25, -0.2) is 0 Å². The summed E-state index contributed by atoms with van der Waals surface area (Å²) in [7, 11) is 0. The molecule has 6 heteroatoms. The van der Waals surface area contributed by atoms with Crippen LogP contribution in [0.3, 0.4) is 0 Å². The molecule has 0 aromatic carbocycles. The quantitative estimate of drug-likeness (QED) is 0.792. The first-order chi connectivity index (χ1) is 8.61. The highest BCUT2D eigenvalue weighted by Crippen LogP contribution is 2.17. The molecule has 5 nitrogen and oxygen atoms in total. The number of nitriles is 1. The van der Waals surface area contributed by atoms with E-state index in [1.165, 1.54) is 0 Å². The number of nitrogens with zero attached hydrogens (tertiary/aromatic N) is 4. The molecular weight excluding hydrogens is 248 g/mol. The number of carbonyl (C=O) groups excluding carboxylic acids is 1. The van der Waals surface area contributed by atoms with Crippen LogP contribution in [0.25, 0.3) is 0 Å². The van der Waals surface area contributed by atoms with Gasteiger partial charge in [-0.15, -0.1) is 5.10 Å². The van der Waals surface area contributed by atoms with E-state index in [9.17, 15) is 4.79 Å². The summed E-state index contributed by atoms with van der Waals surface area (Å²) in [5, 5.41) is 12.6. The molecule has 0 saturated heterocycles. The highest BCUT2D eigenvalue weighted by Gasteiger charge is 2.23. The first-order valence-electron chi connectivity index (χ1n) is 6.10. The maximum atomic E-state index is 12.4. The van der Waals surface area contributed by atoms with Crippen molar-refractivity contribution in [2.24, 2.45) is 0 Å². The zero-order chi connectivity index (χ0) is 13.5. The fraction of sp³-hybridized carbons (Fsp3) is 0.667. The molecule has 0 bridgehead atoms. The number of rotatable bonds is 6. The molecule has 0 radical (unpaired) electrons. The molecule has 0 aliphatic rings. The number of hydrogen-bond donors (Lipinski definition) is 0. The van der Waals surface area contributed by atoms with Gasteiger partial charge >= 0.3 is 0 Å². The van der Waals surface area contributed by atoms with Gasteiger partial charge in [0.2, 0.25) is 0 Å². The molecule has 1 aromatic heterocycles. The topological polar surface area (TPSA) is 69.9 Å². The van der Waals surface area contributed by atoms with Gasteiger partial charge in [-0.1, -0.05) is 17.8 Å². The van der Waals surface area contributed by atoms with Crippen LogP contribution < -0.4 is 0 Å². The van der Waals surface area contributed by atoms with Crippen LogP contribution in [-0.4, -0.2) is 33.0 Å². The summed E-state index contributed by atoms with van der Waals surface area (Å²) in [6, 6.07) is 2.14. The molecule has 1 aromatic rings. The van der Waals surface area contributed by atoms with Gasteiger partial charge in [-0.05, 0) is 31.8 Å². The second-order valence-corrected chi connectivity index (χ2v) is 5.05. The van der Waals surface area contributed by atoms with Crippen LogP contribution in [0.4, 0.5) is 0 Å². The normalized spacial score (nSPS) is 10.4. The standard InChI is InChI=1S/C12H18N4OS/c1-4-6-10-11(18-15-14-10)12(17)16(9(2)3)8-5-7-13/h9H,4-6,8H2,1-3H3. The van der Waals surface area contributed by atoms with E-state index in [-0.39, 0.29) is 11.9 Å². The minimum atomic E-state index is -0.0568. The predicted octanol–water partition coefficient (Wildman–Crippen LogP) is 2.25. The summed E-state index contributed by atoms with van der Waals surface area (Å²) < 4.78 is 3.86. The van der Waals surface area contributed by atoms with Crippen LogP contribution in [0.2, 0.25) is 0 Å². The summed E-state index contributed by atoms with van der Waals surface area (Å²) in [6.07, 6.45) is 2.05. The van der Waals surface area contributed by atoms with Gasteiger partial charge in [-0.3, -0.25) is 4.79 Å². The Hall–Kier alpha value is -1.48. The Morgan fingerprint density at radius 3 is 2.83 bits per heavy atom. The minimum absolute atomic E-state index is 0.0568. The van der Waals surface area contributed by atoms with E-state index in [0.717, 1.165) is 30.1 Å². The van der Waals surface area contributed by atoms with Crippen molar-refractivity contribution in [3.05, 3.63) is 10.6 Å².